The fraction of sp³-hybridized carbons (Fsp3) is 0.529. The van der Waals surface area contributed by atoms with Crippen LogP contribution < -0.4 is 15.4 Å². The molecule has 3 N–H and O–H groups in total. The molecule has 1 aliphatic heterocycles. The number of rotatable bonds is 5. The minimum absolute atomic E-state index is 0.00894. The van der Waals surface area contributed by atoms with Crippen LogP contribution in [0.2, 0.25) is 0 Å². The minimum atomic E-state index is -0.847. The van der Waals surface area contributed by atoms with E-state index in [1.54, 1.807) is 7.11 Å². The molecule has 0 aromatic heterocycles. The Bertz CT molecular complexity index is 587. The van der Waals surface area contributed by atoms with Gasteiger partial charge in [-0.05, 0) is 43.4 Å². The Morgan fingerprint density at radius 1 is 1.26 bits per heavy atom. The number of aliphatic carboxylic acids is 1. The van der Waals surface area contributed by atoms with Crippen molar-refractivity contribution in [1.29, 1.82) is 0 Å². The first kappa shape index (κ1) is 15.8. The van der Waals surface area contributed by atoms with Crippen molar-refractivity contribution in [2.24, 2.45) is 5.92 Å². The van der Waals surface area contributed by atoms with Crippen LogP contribution in [0, 0.1) is 5.92 Å². The van der Waals surface area contributed by atoms with Gasteiger partial charge in [-0.1, -0.05) is 12.1 Å². The standard InChI is InChI=1S/C17H22N2O4/c1-23-13-5-3-12(4-6-13)17(8-9-17)19-15(20)11-2-7-14(16(21)22)18-10-11/h3-6,11,14,18H,2,7-10H2,1H3,(H,19,20)(H,21,22). The first-order valence-electron chi connectivity index (χ1n) is 7.97. The zero-order valence-electron chi connectivity index (χ0n) is 13.2. The lowest BCUT2D eigenvalue weighted by Gasteiger charge is -2.28. The van der Waals surface area contributed by atoms with Crippen LogP contribution in [0.25, 0.3) is 0 Å². The Hall–Kier alpha value is -2.08. The molecular formula is C17H22N2O4. The summed E-state index contributed by atoms with van der Waals surface area (Å²) in [5.74, 6) is -0.205. The minimum Gasteiger partial charge on any atom is -0.497 e. The topological polar surface area (TPSA) is 87.7 Å². The summed E-state index contributed by atoms with van der Waals surface area (Å²) in [6.45, 7) is 0.418. The van der Waals surface area contributed by atoms with E-state index in [0.717, 1.165) is 24.2 Å². The van der Waals surface area contributed by atoms with E-state index in [1.807, 2.05) is 24.3 Å². The van der Waals surface area contributed by atoms with E-state index in [2.05, 4.69) is 10.6 Å². The number of hydrogen-bond acceptors (Lipinski definition) is 4. The molecule has 23 heavy (non-hydrogen) atoms. The van der Waals surface area contributed by atoms with Crippen molar-refractivity contribution in [3.63, 3.8) is 0 Å². The van der Waals surface area contributed by atoms with Crippen LogP contribution in [-0.2, 0) is 15.1 Å². The van der Waals surface area contributed by atoms with Gasteiger partial charge in [-0.25, -0.2) is 0 Å². The van der Waals surface area contributed by atoms with Gasteiger partial charge in [0.05, 0.1) is 18.6 Å². The number of amides is 1. The summed E-state index contributed by atoms with van der Waals surface area (Å²) in [5, 5.41) is 15.1. The second-order valence-electron chi connectivity index (χ2n) is 6.37. The third-order valence-electron chi connectivity index (χ3n) is 4.84. The average Bonchev–Trinajstić information content (AvgIpc) is 3.35. The number of benzene rings is 1. The van der Waals surface area contributed by atoms with Gasteiger partial charge in [-0.15, -0.1) is 0 Å². The third-order valence-corrected chi connectivity index (χ3v) is 4.84. The molecule has 6 nitrogen and oxygen atoms in total. The number of methoxy groups -OCH3 is 1. The normalized spacial score (nSPS) is 25.4. The zero-order chi connectivity index (χ0) is 16.4. The number of carboxylic acids is 1. The van der Waals surface area contributed by atoms with Crippen molar-refractivity contribution >= 4 is 11.9 Å². The molecule has 1 saturated heterocycles. The lowest BCUT2D eigenvalue weighted by molar-refractivity contribution is -0.141. The smallest absolute Gasteiger partial charge is 0.320 e. The molecule has 1 aromatic rings. The molecule has 2 aliphatic rings. The Kier molecular flexibility index (Phi) is 4.26. The lowest BCUT2D eigenvalue weighted by Crippen LogP contribution is -2.49. The number of carbonyl (C=O) groups excluding carboxylic acids is 1. The molecule has 0 bridgehead atoms. The van der Waals surface area contributed by atoms with E-state index in [-0.39, 0.29) is 17.4 Å². The molecular weight excluding hydrogens is 296 g/mol. The van der Waals surface area contributed by atoms with E-state index in [0.29, 0.717) is 19.4 Å². The number of hydrogen-bond donors (Lipinski definition) is 3. The molecule has 0 spiro atoms. The summed E-state index contributed by atoms with van der Waals surface area (Å²) < 4.78 is 5.16. The van der Waals surface area contributed by atoms with Gasteiger partial charge in [0.1, 0.15) is 11.8 Å². The Morgan fingerprint density at radius 3 is 2.43 bits per heavy atom. The zero-order valence-corrected chi connectivity index (χ0v) is 13.2. The summed E-state index contributed by atoms with van der Waals surface area (Å²) in [5.41, 5.74) is 0.839. The number of carbonyl (C=O) groups is 2. The second-order valence-corrected chi connectivity index (χ2v) is 6.37. The largest absolute Gasteiger partial charge is 0.497 e. The first-order chi connectivity index (χ1) is 11.0. The predicted octanol–water partition coefficient (Wildman–Crippen LogP) is 1.25. The van der Waals surface area contributed by atoms with Gasteiger partial charge in [-0.3, -0.25) is 9.59 Å². The fourth-order valence-electron chi connectivity index (χ4n) is 3.15. The van der Waals surface area contributed by atoms with Gasteiger partial charge in [0.2, 0.25) is 5.91 Å². The molecule has 1 aliphatic carbocycles. The van der Waals surface area contributed by atoms with E-state index < -0.39 is 12.0 Å². The maximum atomic E-state index is 12.5. The summed E-state index contributed by atoms with van der Waals surface area (Å²) in [7, 11) is 1.63. The molecule has 124 valence electrons. The van der Waals surface area contributed by atoms with Gasteiger partial charge in [-0.2, -0.15) is 0 Å². The molecule has 0 radical (unpaired) electrons. The van der Waals surface area contributed by atoms with E-state index in [9.17, 15) is 9.59 Å². The highest BCUT2D eigenvalue weighted by Gasteiger charge is 2.46. The molecule has 3 rings (SSSR count). The predicted molar refractivity (Wildman–Crippen MR) is 84.2 cm³/mol. The SMILES string of the molecule is COc1ccc(C2(NC(=O)C3CCC(C(=O)O)NC3)CC2)cc1. The number of ether oxygens (including phenoxy) is 1. The number of carboxylic acid groups (broad SMARTS) is 1. The molecule has 2 fully saturated rings. The quantitative estimate of drug-likeness (QED) is 0.760. The first-order valence-corrected chi connectivity index (χ1v) is 7.97. The maximum absolute atomic E-state index is 12.5. The van der Waals surface area contributed by atoms with E-state index in [4.69, 9.17) is 9.84 Å². The number of piperidine rings is 1. The van der Waals surface area contributed by atoms with Crippen molar-refractivity contribution in [2.45, 2.75) is 37.3 Å². The Labute approximate surface area is 135 Å². The lowest BCUT2D eigenvalue weighted by atomic mass is 9.93. The Morgan fingerprint density at radius 2 is 1.96 bits per heavy atom. The molecule has 1 aromatic carbocycles. The van der Waals surface area contributed by atoms with Crippen LogP contribution in [0.15, 0.2) is 24.3 Å². The molecule has 2 atom stereocenters. The van der Waals surface area contributed by atoms with E-state index in [1.165, 1.54) is 0 Å². The Balaban J connectivity index is 1.60. The summed E-state index contributed by atoms with van der Waals surface area (Å²) >= 11 is 0. The van der Waals surface area contributed by atoms with Crippen LogP contribution in [0.1, 0.15) is 31.2 Å². The highest BCUT2D eigenvalue weighted by Crippen LogP contribution is 2.46. The molecule has 1 saturated carbocycles. The second kappa shape index (κ2) is 6.20. The van der Waals surface area contributed by atoms with Crippen molar-refractivity contribution in [3.05, 3.63) is 29.8 Å². The molecule has 1 amide bonds. The van der Waals surface area contributed by atoms with Crippen molar-refractivity contribution in [3.8, 4) is 5.75 Å². The summed E-state index contributed by atoms with van der Waals surface area (Å²) in [6.07, 6.45) is 2.96. The van der Waals surface area contributed by atoms with Gasteiger partial charge in [0, 0.05) is 6.54 Å². The fourth-order valence-corrected chi connectivity index (χ4v) is 3.15. The van der Waals surface area contributed by atoms with Crippen molar-refractivity contribution in [1.82, 2.24) is 10.6 Å². The van der Waals surface area contributed by atoms with Gasteiger partial charge >= 0.3 is 5.97 Å². The monoisotopic (exact) mass is 318 g/mol. The molecule has 2 unspecified atom stereocenters. The third kappa shape index (κ3) is 3.32. The maximum Gasteiger partial charge on any atom is 0.320 e. The van der Waals surface area contributed by atoms with Crippen molar-refractivity contribution < 1.29 is 19.4 Å². The van der Waals surface area contributed by atoms with Crippen LogP contribution >= 0.6 is 0 Å². The van der Waals surface area contributed by atoms with Gasteiger partial charge in [0.25, 0.3) is 0 Å². The molecule has 6 heteroatoms. The summed E-state index contributed by atoms with van der Waals surface area (Å²) in [6, 6.07) is 7.26. The number of nitrogens with one attached hydrogen (secondary N) is 2. The average molecular weight is 318 g/mol. The van der Waals surface area contributed by atoms with Gasteiger partial charge < -0.3 is 20.5 Å². The highest BCUT2D eigenvalue weighted by molar-refractivity contribution is 5.81. The van der Waals surface area contributed by atoms with Crippen LogP contribution in [0.3, 0.4) is 0 Å². The van der Waals surface area contributed by atoms with Crippen LogP contribution in [-0.4, -0.2) is 36.7 Å². The van der Waals surface area contributed by atoms with E-state index >= 15 is 0 Å². The van der Waals surface area contributed by atoms with Crippen LogP contribution in [0.5, 0.6) is 5.75 Å². The van der Waals surface area contributed by atoms with Crippen LogP contribution in [0.4, 0.5) is 0 Å². The molecule has 1 heterocycles. The van der Waals surface area contributed by atoms with Crippen molar-refractivity contribution in [2.75, 3.05) is 13.7 Å². The van der Waals surface area contributed by atoms with Gasteiger partial charge in [0.15, 0.2) is 0 Å². The highest BCUT2D eigenvalue weighted by atomic mass is 16.5. The summed E-state index contributed by atoms with van der Waals surface area (Å²) in [4.78, 5) is 23.4.